The van der Waals surface area contributed by atoms with E-state index in [-0.39, 0.29) is 11.7 Å². The molecule has 0 aliphatic heterocycles. The van der Waals surface area contributed by atoms with Gasteiger partial charge >= 0.3 is 0 Å². The van der Waals surface area contributed by atoms with Crippen molar-refractivity contribution in [2.45, 2.75) is 19.9 Å². The van der Waals surface area contributed by atoms with E-state index in [4.69, 9.17) is 4.74 Å². The molecule has 1 amide bonds. The van der Waals surface area contributed by atoms with Gasteiger partial charge < -0.3 is 15.2 Å². The molecule has 0 bridgehead atoms. The highest BCUT2D eigenvalue weighted by atomic mass is 79.9. The first-order valence-corrected chi connectivity index (χ1v) is 8.43. The predicted octanol–water partition coefficient (Wildman–Crippen LogP) is 3.42. The van der Waals surface area contributed by atoms with Gasteiger partial charge in [-0.3, -0.25) is 4.79 Å². The number of hydrogen-bond acceptors (Lipinski definition) is 5. The predicted molar refractivity (Wildman–Crippen MR) is 102 cm³/mol. The smallest absolute Gasteiger partial charge is 0.262 e. The molecule has 2 rings (SSSR count). The van der Waals surface area contributed by atoms with E-state index < -0.39 is 6.04 Å². The molecule has 0 aliphatic rings. The third kappa shape index (κ3) is 4.96. The molecule has 1 atom stereocenters. The first-order chi connectivity index (χ1) is 11.9. The molecular weight excluding hydrogens is 386 g/mol. The molecule has 0 aromatic heterocycles. The summed E-state index contributed by atoms with van der Waals surface area (Å²) in [5.74, 6) is -0.0209. The van der Waals surface area contributed by atoms with Crippen LogP contribution in [0.2, 0.25) is 0 Å². The van der Waals surface area contributed by atoms with E-state index in [0.717, 1.165) is 15.7 Å². The lowest BCUT2D eigenvalue weighted by molar-refractivity contribution is -0.121. The SMILES string of the molecule is COc1cc(Br)cc(/C=N/NC(=O)C(C)Nc2ccccc2C)c1O. The van der Waals surface area contributed by atoms with Crippen LogP contribution in [0, 0.1) is 6.92 Å². The Bertz CT molecular complexity index is 793. The molecule has 0 saturated heterocycles. The molecule has 0 saturated carbocycles. The van der Waals surface area contributed by atoms with Crippen molar-refractivity contribution in [3.63, 3.8) is 0 Å². The third-order valence-corrected chi connectivity index (χ3v) is 4.04. The monoisotopic (exact) mass is 405 g/mol. The van der Waals surface area contributed by atoms with Crippen LogP contribution in [0.3, 0.4) is 0 Å². The highest BCUT2D eigenvalue weighted by molar-refractivity contribution is 9.10. The number of hydrogen-bond donors (Lipinski definition) is 3. The van der Waals surface area contributed by atoms with Crippen LogP contribution in [0.1, 0.15) is 18.1 Å². The van der Waals surface area contributed by atoms with Crippen LogP contribution in [-0.4, -0.2) is 30.4 Å². The average molecular weight is 406 g/mol. The van der Waals surface area contributed by atoms with Gasteiger partial charge in [-0.15, -0.1) is 0 Å². The molecule has 7 heteroatoms. The van der Waals surface area contributed by atoms with Gasteiger partial charge in [0.05, 0.1) is 13.3 Å². The standard InChI is InChI=1S/C18H20BrN3O3/c1-11-6-4-5-7-15(11)21-12(2)18(24)22-20-10-13-8-14(19)9-16(25-3)17(13)23/h4-10,12,21,23H,1-3H3,(H,22,24)/b20-10+. The second-order valence-corrected chi connectivity index (χ2v) is 6.38. The van der Waals surface area contributed by atoms with Crippen molar-refractivity contribution in [2.24, 2.45) is 5.10 Å². The fourth-order valence-corrected chi connectivity index (χ4v) is 2.60. The number of amides is 1. The number of methoxy groups -OCH3 is 1. The van der Waals surface area contributed by atoms with Gasteiger partial charge in [-0.25, -0.2) is 5.43 Å². The van der Waals surface area contributed by atoms with Crippen molar-refractivity contribution in [3.05, 3.63) is 52.0 Å². The van der Waals surface area contributed by atoms with Gasteiger partial charge in [0.25, 0.3) is 5.91 Å². The van der Waals surface area contributed by atoms with E-state index in [2.05, 4.69) is 31.8 Å². The summed E-state index contributed by atoms with van der Waals surface area (Å²) in [6, 6.07) is 10.6. The molecule has 1 unspecified atom stereocenters. The van der Waals surface area contributed by atoms with E-state index in [1.807, 2.05) is 31.2 Å². The minimum absolute atomic E-state index is 0.0465. The number of aryl methyl sites for hydroxylation is 1. The number of ether oxygens (including phenoxy) is 1. The van der Waals surface area contributed by atoms with E-state index in [0.29, 0.717) is 11.3 Å². The molecule has 132 valence electrons. The zero-order valence-electron chi connectivity index (χ0n) is 14.2. The molecule has 0 fully saturated rings. The number of benzene rings is 2. The quantitative estimate of drug-likeness (QED) is 0.507. The zero-order valence-corrected chi connectivity index (χ0v) is 15.8. The maximum atomic E-state index is 12.1. The van der Waals surface area contributed by atoms with E-state index >= 15 is 0 Å². The highest BCUT2D eigenvalue weighted by Crippen LogP contribution is 2.32. The Morgan fingerprint density at radius 3 is 2.76 bits per heavy atom. The molecule has 25 heavy (non-hydrogen) atoms. The van der Waals surface area contributed by atoms with Crippen LogP contribution in [0.15, 0.2) is 46.0 Å². The molecule has 0 aliphatic carbocycles. The normalized spacial score (nSPS) is 12.0. The Morgan fingerprint density at radius 1 is 1.36 bits per heavy atom. The number of hydrazone groups is 1. The largest absolute Gasteiger partial charge is 0.504 e. The summed E-state index contributed by atoms with van der Waals surface area (Å²) in [5, 5.41) is 17.1. The van der Waals surface area contributed by atoms with Crippen LogP contribution in [0.5, 0.6) is 11.5 Å². The molecule has 3 N–H and O–H groups in total. The van der Waals surface area contributed by atoms with E-state index in [9.17, 15) is 9.90 Å². The van der Waals surface area contributed by atoms with Crippen molar-refractivity contribution in [3.8, 4) is 11.5 Å². The van der Waals surface area contributed by atoms with Crippen LogP contribution in [0.4, 0.5) is 5.69 Å². The topological polar surface area (TPSA) is 83.0 Å². The first kappa shape index (κ1) is 18.8. The Kier molecular flexibility index (Phi) is 6.41. The summed E-state index contributed by atoms with van der Waals surface area (Å²) in [6.07, 6.45) is 1.36. The Hall–Kier alpha value is -2.54. The lowest BCUT2D eigenvalue weighted by atomic mass is 10.2. The van der Waals surface area contributed by atoms with Crippen molar-refractivity contribution < 1.29 is 14.6 Å². The summed E-state index contributed by atoms with van der Waals surface area (Å²) in [7, 11) is 1.46. The first-order valence-electron chi connectivity index (χ1n) is 7.64. The number of nitrogens with zero attached hydrogens (tertiary/aromatic N) is 1. The summed E-state index contributed by atoms with van der Waals surface area (Å²) in [6.45, 7) is 3.71. The van der Waals surface area contributed by atoms with Crippen molar-refractivity contribution in [1.82, 2.24) is 5.43 Å². The van der Waals surface area contributed by atoms with Crippen molar-refractivity contribution >= 4 is 33.7 Å². The Balaban J connectivity index is 2.01. The molecule has 2 aromatic carbocycles. The zero-order chi connectivity index (χ0) is 18.4. The number of anilines is 1. The summed E-state index contributed by atoms with van der Waals surface area (Å²) < 4.78 is 5.80. The minimum Gasteiger partial charge on any atom is -0.504 e. The van der Waals surface area contributed by atoms with E-state index in [1.165, 1.54) is 13.3 Å². The molecule has 0 spiro atoms. The fourth-order valence-electron chi connectivity index (χ4n) is 2.14. The van der Waals surface area contributed by atoms with Crippen LogP contribution < -0.4 is 15.5 Å². The number of carbonyl (C=O) groups is 1. The van der Waals surface area contributed by atoms with Gasteiger partial charge in [-0.2, -0.15) is 5.10 Å². The number of carbonyl (C=O) groups excluding carboxylic acids is 1. The van der Waals surface area contributed by atoms with Gasteiger partial charge in [0.1, 0.15) is 6.04 Å². The second-order valence-electron chi connectivity index (χ2n) is 5.46. The Labute approximate surface area is 155 Å². The number of rotatable bonds is 6. The van der Waals surface area contributed by atoms with Gasteiger partial charge in [0.2, 0.25) is 0 Å². The Morgan fingerprint density at radius 2 is 2.08 bits per heavy atom. The maximum Gasteiger partial charge on any atom is 0.262 e. The second kappa shape index (κ2) is 8.53. The van der Waals surface area contributed by atoms with Crippen LogP contribution >= 0.6 is 15.9 Å². The molecule has 0 heterocycles. The number of phenolic OH excluding ortho intramolecular Hbond substituents is 1. The number of phenols is 1. The van der Waals surface area contributed by atoms with Crippen molar-refractivity contribution in [1.29, 1.82) is 0 Å². The van der Waals surface area contributed by atoms with Gasteiger partial charge in [-0.05, 0) is 37.6 Å². The fraction of sp³-hybridized carbons (Fsp3) is 0.222. The average Bonchev–Trinajstić information content (AvgIpc) is 2.59. The van der Waals surface area contributed by atoms with Gasteiger partial charge in [0.15, 0.2) is 11.5 Å². The molecular formula is C18H20BrN3O3. The summed E-state index contributed by atoms with van der Waals surface area (Å²) >= 11 is 3.33. The maximum absolute atomic E-state index is 12.1. The third-order valence-electron chi connectivity index (χ3n) is 3.58. The van der Waals surface area contributed by atoms with E-state index in [1.54, 1.807) is 19.1 Å². The van der Waals surface area contributed by atoms with Crippen LogP contribution in [0.25, 0.3) is 0 Å². The lowest BCUT2D eigenvalue weighted by Crippen LogP contribution is -2.35. The number of aromatic hydroxyl groups is 1. The van der Waals surface area contributed by atoms with Gasteiger partial charge in [-0.1, -0.05) is 34.1 Å². The van der Waals surface area contributed by atoms with Gasteiger partial charge in [0, 0.05) is 15.7 Å². The highest BCUT2D eigenvalue weighted by Gasteiger charge is 2.13. The summed E-state index contributed by atoms with van der Waals surface area (Å²) in [4.78, 5) is 12.1. The number of para-hydroxylation sites is 1. The molecule has 0 radical (unpaired) electrons. The minimum atomic E-state index is -0.469. The molecule has 2 aromatic rings. The molecule has 6 nitrogen and oxygen atoms in total. The van der Waals surface area contributed by atoms with Crippen LogP contribution in [-0.2, 0) is 4.79 Å². The number of halogens is 1. The number of nitrogens with one attached hydrogen (secondary N) is 2. The van der Waals surface area contributed by atoms with Crippen molar-refractivity contribution in [2.75, 3.05) is 12.4 Å². The summed E-state index contributed by atoms with van der Waals surface area (Å²) in [5.41, 5.74) is 4.82. The lowest BCUT2D eigenvalue weighted by Gasteiger charge is -2.15.